The Morgan fingerprint density at radius 1 is 1.16 bits per heavy atom. The van der Waals surface area contributed by atoms with Gasteiger partial charge in [0.2, 0.25) is 0 Å². The zero-order chi connectivity index (χ0) is 22.7. The number of nitrogens with zero attached hydrogens (tertiary/aromatic N) is 4. The summed E-state index contributed by atoms with van der Waals surface area (Å²) < 4.78 is 12.9. The molecule has 0 saturated carbocycles. The van der Waals surface area contributed by atoms with E-state index in [0.717, 1.165) is 24.2 Å². The lowest BCUT2D eigenvalue weighted by Gasteiger charge is -2.32. The standard InChI is InChI=1S/C23H25N5O4/c1-27-21(13-19(26-27)15-5-3-6-16(11-15)31-2)23(30)28-10-4-7-18(14-28)32-17-8-9-25-20(12-17)22(24)29/h3,5-6,8-9,11-13,18H,4,7,10,14H2,1-2H3,(H2,24,29). The number of carbonyl (C=O) groups is 2. The summed E-state index contributed by atoms with van der Waals surface area (Å²) in [5.74, 6) is 0.524. The minimum atomic E-state index is -0.612. The summed E-state index contributed by atoms with van der Waals surface area (Å²) in [6.07, 6.45) is 2.90. The van der Waals surface area contributed by atoms with Crippen LogP contribution in [0.4, 0.5) is 0 Å². The molecule has 9 nitrogen and oxygen atoms in total. The number of rotatable bonds is 6. The molecule has 166 valence electrons. The minimum Gasteiger partial charge on any atom is -0.497 e. The monoisotopic (exact) mass is 435 g/mol. The number of nitrogens with two attached hydrogens (primary N) is 1. The van der Waals surface area contributed by atoms with E-state index in [1.54, 1.807) is 35.9 Å². The van der Waals surface area contributed by atoms with Gasteiger partial charge in [0.05, 0.1) is 19.3 Å². The van der Waals surface area contributed by atoms with E-state index in [9.17, 15) is 9.59 Å². The van der Waals surface area contributed by atoms with Crippen molar-refractivity contribution in [2.75, 3.05) is 20.2 Å². The number of aryl methyl sites for hydroxylation is 1. The predicted molar refractivity (Wildman–Crippen MR) is 118 cm³/mol. The molecule has 9 heteroatoms. The SMILES string of the molecule is COc1cccc(-c2cc(C(=O)N3CCCC(Oc4ccnc(C(N)=O)c4)C3)n(C)n2)c1. The summed E-state index contributed by atoms with van der Waals surface area (Å²) in [4.78, 5) is 30.3. The topological polar surface area (TPSA) is 113 Å². The van der Waals surface area contributed by atoms with Gasteiger partial charge in [-0.15, -0.1) is 0 Å². The van der Waals surface area contributed by atoms with Gasteiger partial charge in [0.15, 0.2) is 0 Å². The van der Waals surface area contributed by atoms with E-state index in [0.29, 0.717) is 30.2 Å². The van der Waals surface area contributed by atoms with Gasteiger partial charge in [-0.2, -0.15) is 5.10 Å². The van der Waals surface area contributed by atoms with Gasteiger partial charge in [0.1, 0.15) is 29.0 Å². The molecule has 0 bridgehead atoms. The Kier molecular flexibility index (Phi) is 6.07. The van der Waals surface area contributed by atoms with Crippen molar-refractivity contribution < 1.29 is 19.1 Å². The Morgan fingerprint density at radius 3 is 2.78 bits per heavy atom. The molecule has 32 heavy (non-hydrogen) atoms. The fraction of sp³-hybridized carbons (Fsp3) is 0.304. The lowest BCUT2D eigenvalue weighted by atomic mass is 10.1. The number of hydrogen-bond donors (Lipinski definition) is 1. The number of likely N-dealkylation sites (tertiary alicyclic amines) is 1. The third kappa shape index (κ3) is 4.56. The number of carbonyl (C=O) groups excluding carboxylic acids is 2. The van der Waals surface area contributed by atoms with Crippen LogP contribution in [0.25, 0.3) is 11.3 Å². The number of hydrogen-bond acceptors (Lipinski definition) is 6. The van der Waals surface area contributed by atoms with Gasteiger partial charge in [-0.25, -0.2) is 0 Å². The molecule has 4 rings (SSSR count). The largest absolute Gasteiger partial charge is 0.497 e. The Labute approximate surface area is 185 Å². The molecule has 3 aromatic rings. The molecule has 1 fully saturated rings. The van der Waals surface area contributed by atoms with Crippen LogP contribution in [0.2, 0.25) is 0 Å². The Bertz CT molecular complexity index is 1140. The average molecular weight is 435 g/mol. The van der Waals surface area contributed by atoms with Crippen molar-refractivity contribution in [2.24, 2.45) is 12.8 Å². The lowest BCUT2D eigenvalue weighted by Crippen LogP contribution is -2.44. The van der Waals surface area contributed by atoms with Crippen molar-refractivity contribution in [1.29, 1.82) is 0 Å². The smallest absolute Gasteiger partial charge is 0.272 e. The third-order valence-electron chi connectivity index (χ3n) is 5.42. The molecule has 0 aliphatic carbocycles. The number of methoxy groups -OCH3 is 1. The van der Waals surface area contributed by atoms with E-state index in [1.807, 2.05) is 24.3 Å². The van der Waals surface area contributed by atoms with E-state index in [1.165, 1.54) is 12.3 Å². The van der Waals surface area contributed by atoms with Crippen LogP contribution in [0.15, 0.2) is 48.7 Å². The van der Waals surface area contributed by atoms with Crippen molar-refractivity contribution in [3.8, 4) is 22.8 Å². The number of amides is 2. The highest BCUT2D eigenvalue weighted by atomic mass is 16.5. The maximum absolute atomic E-state index is 13.2. The van der Waals surface area contributed by atoms with Gasteiger partial charge < -0.3 is 20.1 Å². The van der Waals surface area contributed by atoms with E-state index in [4.69, 9.17) is 15.2 Å². The van der Waals surface area contributed by atoms with Crippen LogP contribution in [0, 0.1) is 0 Å². The summed E-state index contributed by atoms with van der Waals surface area (Å²) in [5.41, 5.74) is 7.52. The van der Waals surface area contributed by atoms with E-state index in [2.05, 4.69) is 10.1 Å². The highest BCUT2D eigenvalue weighted by Crippen LogP contribution is 2.25. The van der Waals surface area contributed by atoms with E-state index >= 15 is 0 Å². The maximum atomic E-state index is 13.2. The number of pyridine rings is 1. The first-order valence-corrected chi connectivity index (χ1v) is 10.3. The third-order valence-corrected chi connectivity index (χ3v) is 5.42. The molecule has 1 aliphatic rings. The summed E-state index contributed by atoms with van der Waals surface area (Å²) in [6.45, 7) is 1.08. The Morgan fingerprint density at radius 2 is 2.00 bits per heavy atom. The number of benzene rings is 1. The van der Waals surface area contributed by atoms with Gasteiger partial charge in [-0.3, -0.25) is 19.3 Å². The molecule has 0 spiro atoms. The number of piperidine rings is 1. The van der Waals surface area contributed by atoms with Crippen molar-refractivity contribution in [2.45, 2.75) is 18.9 Å². The molecule has 3 heterocycles. The van der Waals surface area contributed by atoms with Gasteiger partial charge in [0, 0.05) is 31.4 Å². The molecule has 0 radical (unpaired) electrons. The average Bonchev–Trinajstić information content (AvgIpc) is 3.20. The van der Waals surface area contributed by atoms with Crippen LogP contribution in [0.5, 0.6) is 11.5 Å². The van der Waals surface area contributed by atoms with Crippen LogP contribution in [0.1, 0.15) is 33.8 Å². The second kappa shape index (κ2) is 9.09. The van der Waals surface area contributed by atoms with Crippen LogP contribution in [-0.4, -0.2) is 57.8 Å². The number of ether oxygens (including phenoxy) is 2. The summed E-state index contributed by atoms with van der Waals surface area (Å²) in [7, 11) is 3.37. The summed E-state index contributed by atoms with van der Waals surface area (Å²) in [5, 5.41) is 4.52. The molecule has 1 saturated heterocycles. The highest BCUT2D eigenvalue weighted by Gasteiger charge is 2.28. The molecule has 2 amide bonds. The van der Waals surface area contributed by atoms with Crippen LogP contribution in [-0.2, 0) is 7.05 Å². The maximum Gasteiger partial charge on any atom is 0.272 e. The first-order chi connectivity index (χ1) is 15.4. The van der Waals surface area contributed by atoms with Gasteiger partial charge in [-0.05, 0) is 37.1 Å². The molecule has 2 aromatic heterocycles. The first-order valence-electron chi connectivity index (χ1n) is 10.3. The predicted octanol–water partition coefficient (Wildman–Crippen LogP) is 2.27. The second-order valence-corrected chi connectivity index (χ2v) is 7.64. The number of primary amides is 1. The summed E-state index contributed by atoms with van der Waals surface area (Å²) in [6, 6.07) is 12.6. The van der Waals surface area contributed by atoms with Crippen molar-refractivity contribution in [3.05, 3.63) is 60.0 Å². The van der Waals surface area contributed by atoms with Gasteiger partial charge in [0.25, 0.3) is 11.8 Å². The first kappa shape index (κ1) is 21.4. The Hall–Kier alpha value is -3.88. The normalized spacial score (nSPS) is 15.9. The summed E-state index contributed by atoms with van der Waals surface area (Å²) >= 11 is 0. The van der Waals surface area contributed by atoms with Crippen LogP contribution < -0.4 is 15.2 Å². The van der Waals surface area contributed by atoms with Gasteiger partial charge >= 0.3 is 0 Å². The highest BCUT2D eigenvalue weighted by molar-refractivity contribution is 5.94. The zero-order valence-electron chi connectivity index (χ0n) is 18.0. The van der Waals surface area contributed by atoms with Crippen molar-refractivity contribution in [3.63, 3.8) is 0 Å². The molecular weight excluding hydrogens is 410 g/mol. The van der Waals surface area contributed by atoms with Crippen LogP contribution >= 0.6 is 0 Å². The zero-order valence-corrected chi connectivity index (χ0v) is 18.0. The lowest BCUT2D eigenvalue weighted by molar-refractivity contribution is 0.0528. The second-order valence-electron chi connectivity index (χ2n) is 7.64. The fourth-order valence-corrected chi connectivity index (χ4v) is 3.78. The number of aromatic nitrogens is 3. The molecular formula is C23H25N5O4. The van der Waals surface area contributed by atoms with E-state index < -0.39 is 5.91 Å². The van der Waals surface area contributed by atoms with E-state index in [-0.39, 0.29) is 17.7 Å². The molecule has 1 aromatic carbocycles. The minimum absolute atomic E-state index is 0.102. The molecule has 1 unspecified atom stereocenters. The van der Waals surface area contributed by atoms with Crippen molar-refractivity contribution in [1.82, 2.24) is 19.7 Å². The molecule has 1 atom stereocenters. The van der Waals surface area contributed by atoms with Gasteiger partial charge in [-0.1, -0.05) is 12.1 Å². The molecule has 1 aliphatic heterocycles. The van der Waals surface area contributed by atoms with Crippen LogP contribution in [0.3, 0.4) is 0 Å². The van der Waals surface area contributed by atoms with Crippen molar-refractivity contribution >= 4 is 11.8 Å². The fourth-order valence-electron chi connectivity index (χ4n) is 3.78. The quantitative estimate of drug-likeness (QED) is 0.636. The molecule has 2 N–H and O–H groups in total. The Balaban J connectivity index is 1.48.